The maximum Gasteiger partial charge on any atom is 0.292 e. The van der Waals surface area contributed by atoms with Crippen LogP contribution in [-0.4, -0.2) is 0 Å². The number of hydrogen-bond acceptors (Lipinski definition) is 3. The van der Waals surface area contributed by atoms with Crippen LogP contribution in [0.25, 0.3) is 0 Å². The Morgan fingerprint density at radius 1 is 0.882 bits per heavy atom. The normalized spacial score (nSPS) is 9.35. The van der Waals surface area contributed by atoms with Crippen molar-refractivity contribution in [3.05, 3.63) is 60.2 Å². The lowest BCUT2D eigenvalue weighted by Crippen LogP contribution is -1.94. The molecule has 0 amide bonds. The van der Waals surface area contributed by atoms with Crippen molar-refractivity contribution >= 4 is 0 Å². The van der Waals surface area contributed by atoms with E-state index in [1.54, 1.807) is 30.5 Å². The van der Waals surface area contributed by atoms with Gasteiger partial charge in [-0.25, -0.2) is 0 Å². The number of ether oxygens (including phenoxy) is 2. The van der Waals surface area contributed by atoms with Gasteiger partial charge < -0.3 is 9.47 Å². The lowest BCUT2D eigenvalue weighted by Gasteiger charge is -2.06. The summed E-state index contributed by atoms with van der Waals surface area (Å²) in [5, 5.41) is 8.34. The maximum absolute atomic E-state index is 8.34. The first-order valence-corrected chi connectivity index (χ1v) is 5.21. The molecule has 0 aliphatic carbocycles. The zero-order valence-corrected chi connectivity index (χ0v) is 9.17. The van der Waals surface area contributed by atoms with E-state index < -0.39 is 0 Å². The Bertz CT molecular complexity index is 500. The third kappa shape index (κ3) is 3.25. The van der Waals surface area contributed by atoms with E-state index in [4.69, 9.17) is 10.00 Å². The number of hydrogen-bond donors (Lipinski definition) is 0. The van der Waals surface area contributed by atoms with Gasteiger partial charge in [0, 0.05) is 0 Å². The van der Waals surface area contributed by atoms with Gasteiger partial charge in [0.2, 0.25) is 0 Å². The van der Waals surface area contributed by atoms with E-state index in [-0.39, 0.29) is 0 Å². The molecule has 0 spiro atoms. The molecular weight excluding hydrogens is 214 g/mol. The molecule has 2 aromatic rings. The molecule has 2 rings (SSSR count). The second-order valence-corrected chi connectivity index (χ2v) is 3.44. The van der Waals surface area contributed by atoms with Gasteiger partial charge in [0.1, 0.15) is 18.1 Å². The average molecular weight is 225 g/mol. The largest absolute Gasteiger partial charge is 0.489 e. The molecule has 0 aromatic heterocycles. The molecule has 0 heterocycles. The van der Waals surface area contributed by atoms with Crippen LogP contribution in [0.1, 0.15) is 5.56 Å². The second kappa shape index (κ2) is 5.57. The quantitative estimate of drug-likeness (QED) is 0.751. The van der Waals surface area contributed by atoms with Crippen molar-refractivity contribution in [3.8, 4) is 17.8 Å². The van der Waals surface area contributed by atoms with Crippen LogP contribution in [0.15, 0.2) is 54.6 Å². The lowest BCUT2D eigenvalue weighted by atomic mass is 10.2. The van der Waals surface area contributed by atoms with Crippen LogP contribution < -0.4 is 9.47 Å². The zero-order chi connectivity index (χ0) is 11.9. The van der Waals surface area contributed by atoms with Gasteiger partial charge in [-0.1, -0.05) is 30.3 Å². The van der Waals surface area contributed by atoms with E-state index in [0.29, 0.717) is 12.4 Å². The molecule has 0 saturated carbocycles. The van der Waals surface area contributed by atoms with Gasteiger partial charge >= 0.3 is 0 Å². The van der Waals surface area contributed by atoms with Gasteiger partial charge in [0.25, 0.3) is 6.26 Å². The summed E-state index contributed by atoms with van der Waals surface area (Å²) < 4.78 is 10.3. The predicted molar refractivity (Wildman–Crippen MR) is 63.5 cm³/mol. The number of nitriles is 1. The van der Waals surface area contributed by atoms with Crippen LogP contribution in [-0.2, 0) is 6.61 Å². The first kappa shape index (κ1) is 11.0. The molecule has 0 aliphatic heterocycles. The van der Waals surface area contributed by atoms with Crippen LogP contribution in [0.5, 0.6) is 11.5 Å². The summed E-state index contributed by atoms with van der Waals surface area (Å²) in [6.45, 7) is 0.527. The summed E-state index contributed by atoms with van der Waals surface area (Å²) in [6.07, 6.45) is 1.62. The Morgan fingerprint density at radius 3 is 2.18 bits per heavy atom. The Balaban J connectivity index is 1.94. The van der Waals surface area contributed by atoms with E-state index in [9.17, 15) is 0 Å². The predicted octanol–water partition coefficient (Wildman–Crippen LogP) is 3.13. The number of rotatable bonds is 4. The summed E-state index contributed by atoms with van der Waals surface area (Å²) in [5.74, 6) is 1.26. The van der Waals surface area contributed by atoms with Crippen molar-refractivity contribution in [2.45, 2.75) is 6.61 Å². The highest BCUT2D eigenvalue weighted by molar-refractivity contribution is 5.32. The summed E-state index contributed by atoms with van der Waals surface area (Å²) in [5.41, 5.74) is 1.12. The van der Waals surface area contributed by atoms with Gasteiger partial charge in [0.05, 0.1) is 0 Å². The highest BCUT2D eigenvalue weighted by Crippen LogP contribution is 2.18. The molecule has 0 aliphatic rings. The summed E-state index contributed by atoms with van der Waals surface area (Å²) >= 11 is 0. The van der Waals surface area contributed by atoms with E-state index in [1.807, 2.05) is 30.3 Å². The summed E-state index contributed by atoms with van der Waals surface area (Å²) in [7, 11) is 0. The van der Waals surface area contributed by atoms with Gasteiger partial charge in [-0.05, 0) is 29.8 Å². The molecule has 0 bridgehead atoms. The number of benzene rings is 2. The summed E-state index contributed by atoms with van der Waals surface area (Å²) in [6, 6.07) is 16.9. The standard InChI is InChI=1S/C14H11NO2/c15-11-17-14-8-6-13(7-9-14)16-10-12-4-2-1-3-5-12/h1-9H,10H2. The average Bonchev–Trinajstić information content (AvgIpc) is 2.40. The van der Waals surface area contributed by atoms with Gasteiger partial charge in [0.15, 0.2) is 0 Å². The Kier molecular flexibility index (Phi) is 3.61. The first-order chi connectivity index (χ1) is 8.38. The molecule has 17 heavy (non-hydrogen) atoms. The molecular formula is C14H11NO2. The summed E-state index contributed by atoms with van der Waals surface area (Å²) in [4.78, 5) is 0. The van der Waals surface area contributed by atoms with Crippen molar-refractivity contribution in [2.24, 2.45) is 0 Å². The van der Waals surface area contributed by atoms with Gasteiger partial charge in [-0.2, -0.15) is 0 Å². The van der Waals surface area contributed by atoms with Crippen molar-refractivity contribution < 1.29 is 9.47 Å². The molecule has 0 saturated heterocycles. The van der Waals surface area contributed by atoms with Crippen molar-refractivity contribution in [3.63, 3.8) is 0 Å². The third-order valence-corrected chi connectivity index (χ3v) is 2.24. The number of nitrogens with zero attached hydrogens (tertiary/aromatic N) is 1. The molecule has 3 heteroatoms. The highest BCUT2D eigenvalue weighted by Gasteiger charge is 1.97. The monoisotopic (exact) mass is 225 g/mol. The molecule has 0 unspecified atom stereocenters. The lowest BCUT2D eigenvalue weighted by molar-refractivity contribution is 0.306. The smallest absolute Gasteiger partial charge is 0.292 e. The van der Waals surface area contributed by atoms with Crippen LogP contribution in [0.4, 0.5) is 0 Å². The van der Waals surface area contributed by atoms with Crippen molar-refractivity contribution in [2.75, 3.05) is 0 Å². The van der Waals surface area contributed by atoms with E-state index in [2.05, 4.69) is 4.74 Å². The molecule has 0 N–H and O–H groups in total. The fraction of sp³-hybridized carbons (Fsp3) is 0.0714. The Morgan fingerprint density at radius 2 is 1.53 bits per heavy atom. The molecule has 84 valence electrons. The fourth-order valence-corrected chi connectivity index (χ4v) is 1.40. The first-order valence-electron chi connectivity index (χ1n) is 5.21. The Hall–Kier alpha value is -2.47. The maximum atomic E-state index is 8.34. The van der Waals surface area contributed by atoms with Gasteiger partial charge in [-0.15, -0.1) is 5.26 Å². The minimum absolute atomic E-state index is 0.513. The minimum Gasteiger partial charge on any atom is -0.489 e. The molecule has 0 atom stereocenters. The fourth-order valence-electron chi connectivity index (χ4n) is 1.40. The SMILES string of the molecule is N#COc1ccc(OCc2ccccc2)cc1. The van der Waals surface area contributed by atoms with E-state index in [1.165, 1.54) is 0 Å². The highest BCUT2D eigenvalue weighted by atomic mass is 16.5. The topological polar surface area (TPSA) is 42.2 Å². The molecule has 0 radical (unpaired) electrons. The van der Waals surface area contributed by atoms with E-state index >= 15 is 0 Å². The van der Waals surface area contributed by atoms with Crippen LogP contribution in [0, 0.1) is 11.5 Å². The Labute approximate surface area is 99.8 Å². The molecule has 2 aromatic carbocycles. The second-order valence-electron chi connectivity index (χ2n) is 3.44. The van der Waals surface area contributed by atoms with Crippen LogP contribution >= 0.6 is 0 Å². The minimum atomic E-state index is 0.513. The molecule has 3 nitrogen and oxygen atoms in total. The van der Waals surface area contributed by atoms with Crippen molar-refractivity contribution in [1.82, 2.24) is 0 Å². The molecule has 0 fully saturated rings. The van der Waals surface area contributed by atoms with Crippen LogP contribution in [0.2, 0.25) is 0 Å². The zero-order valence-electron chi connectivity index (χ0n) is 9.17. The van der Waals surface area contributed by atoms with Crippen LogP contribution in [0.3, 0.4) is 0 Å². The van der Waals surface area contributed by atoms with Crippen molar-refractivity contribution in [1.29, 1.82) is 5.26 Å². The van der Waals surface area contributed by atoms with E-state index in [0.717, 1.165) is 11.3 Å². The van der Waals surface area contributed by atoms with Gasteiger partial charge in [-0.3, -0.25) is 0 Å². The third-order valence-electron chi connectivity index (χ3n) is 2.24.